The molecule has 0 unspecified atom stereocenters. The van der Waals surface area contributed by atoms with Gasteiger partial charge in [0.25, 0.3) is 5.91 Å². The molecule has 1 amide bonds. The van der Waals surface area contributed by atoms with E-state index in [9.17, 15) is 4.79 Å². The van der Waals surface area contributed by atoms with Crippen LogP contribution in [0.1, 0.15) is 15.2 Å². The van der Waals surface area contributed by atoms with Gasteiger partial charge in [-0.05, 0) is 29.6 Å². The number of benzene rings is 1. The van der Waals surface area contributed by atoms with Crippen molar-refractivity contribution in [3.05, 3.63) is 74.5 Å². The molecule has 1 fully saturated rings. The Morgan fingerprint density at radius 3 is 2.62 bits per heavy atom. The number of pyridine rings is 1. The van der Waals surface area contributed by atoms with Crippen LogP contribution in [0.25, 0.3) is 0 Å². The molecule has 3 aromatic rings. The zero-order valence-corrected chi connectivity index (χ0v) is 18.7. The van der Waals surface area contributed by atoms with Crippen LogP contribution in [0.3, 0.4) is 0 Å². The van der Waals surface area contributed by atoms with Gasteiger partial charge in [-0.15, -0.1) is 23.1 Å². The molecule has 0 bridgehead atoms. The van der Waals surface area contributed by atoms with E-state index in [0.717, 1.165) is 22.0 Å². The van der Waals surface area contributed by atoms with E-state index in [1.165, 1.54) is 4.88 Å². The molecule has 29 heavy (non-hydrogen) atoms. The van der Waals surface area contributed by atoms with Gasteiger partial charge in [0.15, 0.2) is 0 Å². The molecular weight excluding hydrogens is 445 g/mol. The number of halogens is 2. The molecule has 2 aromatic heterocycles. The fourth-order valence-corrected chi connectivity index (χ4v) is 5.56. The smallest absolute Gasteiger partial charge is 0.255 e. The summed E-state index contributed by atoms with van der Waals surface area (Å²) in [5, 5.41) is 3.13. The van der Waals surface area contributed by atoms with Gasteiger partial charge < -0.3 is 9.80 Å². The van der Waals surface area contributed by atoms with E-state index in [0.29, 0.717) is 36.2 Å². The Kier molecular flexibility index (Phi) is 6.65. The second kappa shape index (κ2) is 9.39. The number of amides is 1. The molecule has 0 spiro atoms. The van der Waals surface area contributed by atoms with Gasteiger partial charge in [-0.1, -0.05) is 41.4 Å². The Morgan fingerprint density at radius 1 is 1.10 bits per heavy atom. The van der Waals surface area contributed by atoms with Gasteiger partial charge in [0.1, 0.15) is 5.82 Å². The minimum absolute atomic E-state index is 0.0779. The molecule has 1 saturated heterocycles. The number of thiophene rings is 1. The second-order valence-electron chi connectivity index (χ2n) is 6.60. The summed E-state index contributed by atoms with van der Waals surface area (Å²) in [6, 6.07) is 13.7. The van der Waals surface area contributed by atoms with E-state index in [1.54, 1.807) is 35.4 Å². The Labute approximate surface area is 188 Å². The van der Waals surface area contributed by atoms with E-state index in [-0.39, 0.29) is 5.91 Å². The maximum atomic E-state index is 13.2. The normalized spacial score (nSPS) is 14.3. The number of carbonyl (C=O) groups excluding carboxylic acids is 1. The number of nitrogens with zero attached hydrogens (tertiary/aromatic N) is 3. The number of rotatable bonds is 5. The van der Waals surface area contributed by atoms with Crippen molar-refractivity contribution in [1.29, 1.82) is 0 Å². The van der Waals surface area contributed by atoms with Gasteiger partial charge in [0.2, 0.25) is 0 Å². The zero-order chi connectivity index (χ0) is 20.2. The van der Waals surface area contributed by atoms with Crippen LogP contribution >= 0.6 is 46.3 Å². The van der Waals surface area contributed by atoms with Crippen LogP contribution in [-0.4, -0.2) is 42.0 Å². The lowest BCUT2D eigenvalue weighted by molar-refractivity contribution is 0.0743. The van der Waals surface area contributed by atoms with Gasteiger partial charge in [0, 0.05) is 47.9 Å². The SMILES string of the molecule is O=C(c1ccccc1SCc1cccs1)N1CCN(c2ncc(Cl)cc2Cl)CC1. The first-order valence-corrected chi connectivity index (χ1v) is 11.8. The van der Waals surface area contributed by atoms with Gasteiger partial charge in [0.05, 0.1) is 15.6 Å². The first kappa shape index (κ1) is 20.5. The third kappa shape index (κ3) is 4.89. The number of carbonyl (C=O) groups is 1. The molecule has 0 aliphatic carbocycles. The molecule has 3 heterocycles. The van der Waals surface area contributed by atoms with Crippen molar-refractivity contribution in [3.8, 4) is 0 Å². The third-order valence-corrected chi connectivity index (χ3v) is 7.39. The highest BCUT2D eigenvalue weighted by Crippen LogP contribution is 2.30. The van der Waals surface area contributed by atoms with Crippen molar-refractivity contribution in [1.82, 2.24) is 9.88 Å². The number of hydrogen-bond acceptors (Lipinski definition) is 5. The first-order chi connectivity index (χ1) is 14.1. The van der Waals surface area contributed by atoms with Crippen molar-refractivity contribution >= 4 is 58.0 Å². The lowest BCUT2D eigenvalue weighted by Gasteiger charge is -2.36. The van der Waals surface area contributed by atoms with Crippen LogP contribution in [0.2, 0.25) is 10.0 Å². The summed E-state index contributed by atoms with van der Waals surface area (Å²) >= 11 is 15.7. The number of piperazine rings is 1. The molecule has 0 saturated carbocycles. The highest BCUT2D eigenvalue weighted by molar-refractivity contribution is 7.98. The van der Waals surface area contributed by atoms with Crippen LogP contribution in [0.15, 0.2) is 58.9 Å². The van der Waals surface area contributed by atoms with E-state index >= 15 is 0 Å². The molecule has 1 aliphatic rings. The molecule has 4 nitrogen and oxygen atoms in total. The lowest BCUT2D eigenvalue weighted by atomic mass is 10.2. The van der Waals surface area contributed by atoms with Crippen LogP contribution in [0, 0.1) is 0 Å². The molecule has 150 valence electrons. The molecule has 1 aliphatic heterocycles. The van der Waals surface area contributed by atoms with Crippen LogP contribution in [-0.2, 0) is 5.75 Å². The Hall–Kier alpha value is -1.73. The summed E-state index contributed by atoms with van der Waals surface area (Å²) in [6.45, 7) is 2.63. The average molecular weight is 464 g/mol. The van der Waals surface area contributed by atoms with Gasteiger partial charge in [-0.3, -0.25) is 4.79 Å². The molecule has 0 N–H and O–H groups in total. The van der Waals surface area contributed by atoms with E-state index < -0.39 is 0 Å². The number of thioether (sulfide) groups is 1. The molecule has 0 radical (unpaired) electrons. The van der Waals surface area contributed by atoms with E-state index in [2.05, 4.69) is 27.4 Å². The fraction of sp³-hybridized carbons (Fsp3) is 0.238. The van der Waals surface area contributed by atoms with Crippen molar-refractivity contribution in [2.75, 3.05) is 31.1 Å². The highest BCUT2D eigenvalue weighted by atomic mass is 35.5. The maximum Gasteiger partial charge on any atom is 0.255 e. The Morgan fingerprint density at radius 2 is 1.90 bits per heavy atom. The largest absolute Gasteiger partial charge is 0.352 e. The number of anilines is 1. The van der Waals surface area contributed by atoms with Crippen molar-refractivity contribution in [2.24, 2.45) is 0 Å². The van der Waals surface area contributed by atoms with Crippen LogP contribution < -0.4 is 4.90 Å². The van der Waals surface area contributed by atoms with Crippen molar-refractivity contribution in [2.45, 2.75) is 10.6 Å². The zero-order valence-electron chi connectivity index (χ0n) is 15.6. The number of aromatic nitrogens is 1. The van der Waals surface area contributed by atoms with Crippen molar-refractivity contribution in [3.63, 3.8) is 0 Å². The third-order valence-electron chi connectivity index (χ3n) is 4.72. The predicted octanol–water partition coefficient (Wildman–Crippen LogP) is 5.70. The molecule has 4 rings (SSSR count). The molecule has 8 heteroatoms. The Balaban J connectivity index is 1.42. The first-order valence-electron chi connectivity index (χ1n) is 9.21. The Bertz CT molecular complexity index is 989. The fourth-order valence-electron chi connectivity index (χ4n) is 3.24. The lowest BCUT2D eigenvalue weighted by Crippen LogP contribution is -2.49. The van der Waals surface area contributed by atoms with Crippen LogP contribution in [0.4, 0.5) is 5.82 Å². The summed E-state index contributed by atoms with van der Waals surface area (Å²) in [7, 11) is 0. The second-order valence-corrected chi connectivity index (χ2v) is 9.50. The summed E-state index contributed by atoms with van der Waals surface area (Å²) < 4.78 is 0. The summed E-state index contributed by atoms with van der Waals surface area (Å²) in [6.07, 6.45) is 1.60. The highest BCUT2D eigenvalue weighted by Gasteiger charge is 2.25. The monoisotopic (exact) mass is 463 g/mol. The molecule has 0 atom stereocenters. The van der Waals surface area contributed by atoms with Gasteiger partial charge >= 0.3 is 0 Å². The minimum Gasteiger partial charge on any atom is -0.352 e. The van der Waals surface area contributed by atoms with Crippen molar-refractivity contribution < 1.29 is 4.79 Å². The number of hydrogen-bond donors (Lipinski definition) is 0. The average Bonchev–Trinajstić information content (AvgIpc) is 3.26. The molecular formula is C21H19Cl2N3OS2. The minimum atomic E-state index is 0.0779. The maximum absolute atomic E-state index is 13.2. The van der Waals surface area contributed by atoms with E-state index in [1.807, 2.05) is 29.2 Å². The van der Waals surface area contributed by atoms with Gasteiger partial charge in [-0.2, -0.15) is 0 Å². The summed E-state index contributed by atoms with van der Waals surface area (Å²) in [5.41, 5.74) is 0.769. The van der Waals surface area contributed by atoms with Crippen LogP contribution in [0.5, 0.6) is 0 Å². The van der Waals surface area contributed by atoms with E-state index in [4.69, 9.17) is 23.2 Å². The van der Waals surface area contributed by atoms with Gasteiger partial charge in [-0.25, -0.2) is 4.98 Å². The standard InChI is InChI=1S/C21H19Cl2N3OS2/c22-15-12-18(23)20(24-13-15)25-7-9-26(10-8-25)21(27)17-5-1-2-6-19(17)29-14-16-4-3-11-28-16/h1-6,11-13H,7-10,14H2. The summed E-state index contributed by atoms with van der Waals surface area (Å²) in [4.78, 5) is 23.9. The topological polar surface area (TPSA) is 36.4 Å². The predicted molar refractivity (Wildman–Crippen MR) is 123 cm³/mol. The quantitative estimate of drug-likeness (QED) is 0.454. The molecule has 1 aromatic carbocycles. The summed E-state index contributed by atoms with van der Waals surface area (Å²) in [5.74, 6) is 1.67.